The third-order valence-corrected chi connectivity index (χ3v) is 5.31. The number of rotatable bonds is 8. The first kappa shape index (κ1) is 20.8. The molecular weight excluding hydrogens is 368 g/mol. The van der Waals surface area contributed by atoms with Crippen LogP contribution in [0, 0.1) is 5.41 Å². The van der Waals surface area contributed by atoms with Crippen LogP contribution in [0.4, 0.5) is 5.95 Å². The van der Waals surface area contributed by atoms with Gasteiger partial charge < -0.3 is 20.4 Å². The SMILES string of the molecule is CCOC(=O)CN=C/C(=C\N)Nc1ncc2ccn(CC3(C)CCCCC3)c2n1.[HH]. The van der Waals surface area contributed by atoms with E-state index in [4.69, 9.17) is 10.5 Å². The second kappa shape index (κ2) is 9.54. The van der Waals surface area contributed by atoms with E-state index in [0.29, 0.717) is 23.7 Å². The standard InChI is InChI=1S/C21H30N6O2.H2/c1-3-29-18(28)14-23-13-17(11-22)25-20-24-12-16-7-10-27(19(16)26-20)15-21(2)8-5-4-6-9-21;/h7,10-13H,3-6,8-9,14-15,22H2,1-2H3,(H,24,25,26);1H/b17-11+,23-13?;. The van der Waals surface area contributed by atoms with Crippen molar-refractivity contribution in [3.05, 3.63) is 30.4 Å². The number of aliphatic imine (C=N–C) groups is 1. The van der Waals surface area contributed by atoms with Crippen molar-refractivity contribution >= 4 is 29.2 Å². The number of esters is 1. The highest BCUT2D eigenvalue weighted by atomic mass is 16.5. The molecule has 8 heteroatoms. The summed E-state index contributed by atoms with van der Waals surface area (Å²) in [6, 6.07) is 2.05. The van der Waals surface area contributed by atoms with E-state index in [9.17, 15) is 4.79 Å². The van der Waals surface area contributed by atoms with E-state index in [0.717, 1.165) is 17.6 Å². The van der Waals surface area contributed by atoms with Gasteiger partial charge in [0.2, 0.25) is 5.95 Å². The smallest absolute Gasteiger partial charge is 0.327 e. The van der Waals surface area contributed by atoms with Crippen molar-refractivity contribution in [1.82, 2.24) is 14.5 Å². The maximum atomic E-state index is 11.4. The minimum absolute atomic E-state index is 0. The monoisotopic (exact) mass is 400 g/mol. The number of nitrogens with zero attached hydrogens (tertiary/aromatic N) is 4. The Balaban J connectivity index is 0.00000320. The zero-order chi connectivity index (χ0) is 20.7. The molecule has 2 aromatic rings. The summed E-state index contributed by atoms with van der Waals surface area (Å²) in [6.45, 7) is 5.35. The number of nitrogens with one attached hydrogen (secondary N) is 1. The van der Waals surface area contributed by atoms with Gasteiger partial charge in [-0.05, 0) is 31.2 Å². The topological polar surface area (TPSA) is 107 Å². The summed E-state index contributed by atoms with van der Waals surface area (Å²) in [4.78, 5) is 24.5. The van der Waals surface area contributed by atoms with Crippen molar-refractivity contribution in [3.63, 3.8) is 0 Å². The molecule has 0 aromatic carbocycles. The highest BCUT2D eigenvalue weighted by molar-refractivity contribution is 5.85. The summed E-state index contributed by atoms with van der Waals surface area (Å²) in [5, 5.41) is 4.06. The number of hydrogen-bond donors (Lipinski definition) is 2. The molecule has 8 nitrogen and oxygen atoms in total. The van der Waals surface area contributed by atoms with Gasteiger partial charge in [0.15, 0.2) is 0 Å². The Morgan fingerprint density at radius 2 is 2.24 bits per heavy atom. The molecule has 0 aliphatic heterocycles. The Kier molecular flexibility index (Phi) is 6.85. The lowest BCUT2D eigenvalue weighted by atomic mass is 9.75. The minimum Gasteiger partial charge on any atom is -0.465 e. The Morgan fingerprint density at radius 3 is 2.97 bits per heavy atom. The first-order chi connectivity index (χ1) is 14.0. The van der Waals surface area contributed by atoms with Crippen LogP contribution in [0.3, 0.4) is 0 Å². The number of hydrogen-bond acceptors (Lipinski definition) is 7. The highest BCUT2D eigenvalue weighted by Crippen LogP contribution is 2.37. The lowest BCUT2D eigenvalue weighted by molar-refractivity contribution is -0.141. The zero-order valence-corrected chi connectivity index (χ0v) is 17.2. The second-order valence-electron chi connectivity index (χ2n) is 7.81. The van der Waals surface area contributed by atoms with Crippen LogP contribution in [0.15, 0.2) is 35.3 Å². The summed E-state index contributed by atoms with van der Waals surface area (Å²) in [7, 11) is 0. The van der Waals surface area contributed by atoms with E-state index >= 15 is 0 Å². The first-order valence-electron chi connectivity index (χ1n) is 10.2. The lowest BCUT2D eigenvalue weighted by Crippen LogP contribution is -2.26. The fourth-order valence-corrected chi connectivity index (χ4v) is 3.80. The van der Waals surface area contributed by atoms with Gasteiger partial charge >= 0.3 is 5.97 Å². The lowest BCUT2D eigenvalue weighted by Gasteiger charge is -2.34. The molecule has 1 aliphatic rings. The molecule has 0 bridgehead atoms. The number of allylic oxidation sites excluding steroid dienone is 1. The van der Waals surface area contributed by atoms with Crippen molar-refractivity contribution in [1.29, 1.82) is 0 Å². The zero-order valence-electron chi connectivity index (χ0n) is 17.2. The van der Waals surface area contributed by atoms with Gasteiger partial charge in [0, 0.05) is 38.2 Å². The molecule has 29 heavy (non-hydrogen) atoms. The number of nitrogens with two attached hydrogens (primary N) is 1. The van der Waals surface area contributed by atoms with Gasteiger partial charge in [-0.3, -0.25) is 9.79 Å². The van der Waals surface area contributed by atoms with Gasteiger partial charge in [-0.1, -0.05) is 26.2 Å². The van der Waals surface area contributed by atoms with Gasteiger partial charge in [-0.15, -0.1) is 0 Å². The van der Waals surface area contributed by atoms with E-state index in [1.54, 1.807) is 13.1 Å². The van der Waals surface area contributed by atoms with E-state index in [1.165, 1.54) is 44.5 Å². The van der Waals surface area contributed by atoms with Crippen LogP contribution in [0.2, 0.25) is 0 Å². The predicted molar refractivity (Wildman–Crippen MR) is 117 cm³/mol. The van der Waals surface area contributed by atoms with Crippen LogP contribution in [0.1, 0.15) is 47.4 Å². The summed E-state index contributed by atoms with van der Waals surface area (Å²) >= 11 is 0. The van der Waals surface area contributed by atoms with E-state index in [-0.39, 0.29) is 13.9 Å². The molecule has 0 unspecified atom stereocenters. The summed E-state index contributed by atoms with van der Waals surface area (Å²) in [5.41, 5.74) is 7.38. The molecule has 1 fully saturated rings. The Bertz CT molecular complexity index is 902. The van der Waals surface area contributed by atoms with E-state index < -0.39 is 0 Å². The number of anilines is 1. The van der Waals surface area contributed by atoms with Gasteiger partial charge in [-0.2, -0.15) is 4.98 Å². The average Bonchev–Trinajstić information content (AvgIpc) is 3.09. The van der Waals surface area contributed by atoms with Crippen LogP contribution >= 0.6 is 0 Å². The molecule has 0 amide bonds. The van der Waals surface area contributed by atoms with Gasteiger partial charge in [-0.25, -0.2) is 4.98 Å². The maximum Gasteiger partial charge on any atom is 0.327 e. The molecule has 0 spiro atoms. The fourth-order valence-electron chi connectivity index (χ4n) is 3.80. The summed E-state index contributed by atoms with van der Waals surface area (Å²) in [6.07, 6.45) is 13.2. The van der Waals surface area contributed by atoms with Gasteiger partial charge in [0.1, 0.15) is 12.2 Å². The van der Waals surface area contributed by atoms with Crippen molar-refractivity contribution in [2.75, 3.05) is 18.5 Å². The van der Waals surface area contributed by atoms with E-state index in [1.807, 2.05) is 6.07 Å². The molecule has 3 N–H and O–H groups in total. The second-order valence-corrected chi connectivity index (χ2v) is 7.81. The molecule has 2 heterocycles. The van der Waals surface area contributed by atoms with Crippen LogP contribution in [0.5, 0.6) is 0 Å². The van der Waals surface area contributed by atoms with Crippen molar-refractivity contribution in [2.45, 2.75) is 52.5 Å². The number of aromatic nitrogens is 3. The number of ether oxygens (including phenoxy) is 1. The summed E-state index contributed by atoms with van der Waals surface area (Å²) < 4.78 is 7.06. The van der Waals surface area contributed by atoms with Crippen LogP contribution in [-0.4, -0.2) is 39.9 Å². The first-order valence-corrected chi connectivity index (χ1v) is 10.2. The molecule has 2 aromatic heterocycles. The van der Waals surface area contributed by atoms with Crippen LogP contribution < -0.4 is 11.1 Å². The average molecular weight is 401 g/mol. The molecule has 0 atom stereocenters. The Hall–Kier alpha value is -2.90. The molecule has 1 saturated carbocycles. The number of carbonyl (C=O) groups excluding carboxylic acids is 1. The third-order valence-electron chi connectivity index (χ3n) is 5.31. The van der Waals surface area contributed by atoms with Gasteiger partial charge in [0.25, 0.3) is 0 Å². The largest absolute Gasteiger partial charge is 0.465 e. The van der Waals surface area contributed by atoms with Gasteiger partial charge in [0.05, 0.1) is 12.3 Å². The van der Waals surface area contributed by atoms with Crippen LogP contribution in [0.25, 0.3) is 11.0 Å². The highest BCUT2D eigenvalue weighted by Gasteiger charge is 2.27. The molecule has 3 rings (SSSR count). The normalized spacial score (nSPS) is 17.0. The molecule has 0 radical (unpaired) electrons. The maximum absolute atomic E-state index is 11.4. The number of carbonyl (C=O) groups is 1. The predicted octanol–water partition coefficient (Wildman–Crippen LogP) is 3.49. The molecule has 158 valence electrons. The van der Waals surface area contributed by atoms with E-state index in [2.05, 4.69) is 38.0 Å². The molecular formula is C21H32N6O2. The van der Waals surface area contributed by atoms with Crippen LogP contribution in [-0.2, 0) is 16.1 Å². The quantitative estimate of drug-likeness (QED) is 0.519. The third kappa shape index (κ3) is 5.56. The Labute approximate surface area is 172 Å². The number of fused-ring (bicyclic) bond motifs is 1. The summed E-state index contributed by atoms with van der Waals surface area (Å²) in [5.74, 6) is 0.0531. The fraction of sp³-hybridized carbons (Fsp3) is 0.524. The molecule has 1 aliphatic carbocycles. The van der Waals surface area contributed by atoms with Crippen molar-refractivity contribution < 1.29 is 11.0 Å². The van der Waals surface area contributed by atoms with Crippen molar-refractivity contribution in [3.8, 4) is 0 Å². The minimum atomic E-state index is -0.383. The Morgan fingerprint density at radius 1 is 1.45 bits per heavy atom. The van der Waals surface area contributed by atoms with Crippen molar-refractivity contribution in [2.24, 2.45) is 16.1 Å². The molecule has 0 saturated heterocycles.